The van der Waals surface area contributed by atoms with Crippen molar-refractivity contribution in [3.05, 3.63) is 101 Å². The molecule has 5 rings (SSSR count). The highest BCUT2D eigenvalue weighted by atomic mass is 16.7. The van der Waals surface area contributed by atoms with Crippen LogP contribution in [0.2, 0.25) is 0 Å². The molecule has 0 bridgehead atoms. The van der Waals surface area contributed by atoms with Crippen molar-refractivity contribution in [2.24, 2.45) is 16.0 Å². The van der Waals surface area contributed by atoms with E-state index in [0.29, 0.717) is 24.5 Å². The van der Waals surface area contributed by atoms with Crippen molar-refractivity contribution in [3.63, 3.8) is 0 Å². The van der Waals surface area contributed by atoms with Gasteiger partial charge in [-0.15, -0.1) is 0 Å². The number of nitrogens with zero attached hydrogens (tertiary/aromatic N) is 3. The molecule has 0 radical (unpaired) electrons. The van der Waals surface area contributed by atoms with E-state index < -0.39 is 17.9 Å². The van der Waals surface area contributed by atoms with Crippen LogP contribution >= 0.6 is 0 Å². The lowest BCUT2D eigenvalue weighted by molar-refractivity contribution is -0.155. The Hall–Kier alpha value is -4.08. The number of benzene rings is 2. The molecule has 2 aliphatic rings. The van der Waals surface area contributed by atoms with Crippen LogP contribution < -0.4 is 5.73 Å². The average Bonchev–Trinajstić information content (AvgIpc) is 3.60. The third kappa shape index (κ3) is 4.26. The number of amidine groups is 1. The van der Waals surface area contributed by atoms with E-state index in [4.69, 9.17) is 24.9 Å². The maximum Gasteiger partial charge on any atom is 0.378 e. The summed E-state index contributed by atoms with van der Waals surface area (Å²) in [5, 5.41) is 7.72. The van der Waals surface area contributed by atoms with Crippen LogP contribution in [0.3, 0.4) is 0 Å². The molecule has 2 N–H and O–H groups in total. The normalized spacial score (nSPS) is 19.4. The molecule has 1 atom stereocenters. The Kier molecular flexibility index (Phi) is 6.03. The lowest BCUT2D eigenvalue weighted by atomic mass is 9.96. The number of hydrogen-bond donors (Lipinski definition) is 1. The molecule has 0 saturated carbocycles. The molecule has 1 unspecified atom stereocenters. The summed E-state index contributed by atoms with van der Waals surface area (Å²) in [6.45, 7) is 0.983. The van der Waals surface area contributed by atoms with Crippen molar-refractivity contribution in [1.29, 1.82) is 0 Å². The lowest BCUT2D eigenvalue weighted by Crippen LogP contribution is -2.28. The predicted molar refractivity (Wildman–Crippen MR) is 123 cm³/mol. The van der Waals surface area contributed by atoms with Crippen molar-refractivity contribution < 1.29 is 23.9 Å². The third-order valence-corrected chi connectivity index (χ3v) is 5.57. The number of hydrogen-bond acceptors (Lipinski definition) is 8. The van der Waals surface area contributed by atoms with Gasteiger partial charge in [-0.25, -0.2) is 4.79 Å². The van der Waals surface area contributed by atoms with Gasteiger partial charge < -0.3 is 24.9 Å². The van der Waals surface area contributed by atoms with Gasteiger partial charge in [-0.3, -0.25) is 4.98 Å². The predicted octanol–water partition coefficient (Wildman–Crippen LogP) is 2.69. The second-order valence-corrected chi connectivity index (χ2v) is 7.72. The minimum Gasteiger partial charge on any atom is -0.380 e. The van der Waals surface area contributed by atoms with Crippen molar-refractivity contribution in [2.75, 3.05) is 13.2 Å². The minimum absolute atomic E-state index is 0.0494. The molecular weight excluding hydrogens is 436 g/mol. The molecule has 2 aromatic carbocycles. The van der Waals surface area contributed by atoms with Gasteiger partial charge in [-0.1, -0.05) is 64.9 Å². The third-order valence-electron chi connectivity index (χ3n) is 5.57. The van der Waals surface area contributed by atoms with Gasteiger partial charge in [0.15, 0.2) is 5.84 Å². The summed E-state index contributed by atoms with van der Waals surface area (Å²) in [6.07, 6.45) is 2.68. The van der Waals surface area contributed by atoms with Gasteiger partial charge in [0.05, 0.1) is 18.9 Å². The van der Waals surface area contributed by atoms with Crippen LogP contribution in [0.4, 0.5) is 0 Å². The minimum atomic E-state index is -0.968. The number of carbonyl (C=O) groups excluding carboxylic acids is 1. The SMILES string of the molecule is NC(=NOC(=O)C1CC(c2cccnc2)=NO1)c1ccc(C2(c3ccccc3)OCCO2)cc1. The largest absolute Gasteiger partial charge is 0.380 e. The second kappa shape index (κ2) is 9.42. The van der Waals surface area contributed by atoms with Gasteiger partial charge in [0.1, 0.15) is 0 Å². The van der Waals surface area contributed by atoms with Gasteiger partial charge in [0.2, 0.25) is 11.9 Å². The van der Waals surface area contributed by atoms with Crippen LogP contribution in [-0.2, 0) is 29.7 Å². The topological polar surface area (TPSA) is 118 Å². The molecule has 3 aromatic rings. The van der Waals surface area contributed by atoms with E-state index in [1.165, 1.54) is 0 Å². The first kappa shape index (κ1) is 21.7. The van der Waals surface area contributed by atoms with Crippen LogP contribution in [0.25, 0.3) is 0 Å². The summed E-state index contributed by atoms with van der Waals surface area (Å²) in [4.78, 5) is 26.6. The number of pyridine rings is 1. The lowest BCUT2D eigenvalue weighted by Gasteiger charge is -2.28. The summed E-state index contributed by atoms with van der Waals surface area (Å²) in [6, 6.07) is 20.6. The molecule has 9 nitrogen and oxygen atoms in total. The van der Waals surface area contributed by atoms with E-state index in [9.17, 15) is 4.79 Å². The highest BCUT2D eigenvalue weighted by Gasteiger charge is 2.40. The summed E-state index contributed by atoms with van der Waals surface area (Å²) in [5.74, 6) is -1.60. The van der Waals surface area contributed by atoms with Crippen molar-refractivity contribution >= 4 is 17.5 Å². The summed E-state index contributed by atoms with van der Waals surface area (Å²) >= 11 is 0. The van der Waals surface area contributed by atoms with Gasteiger partial charge in [0, 0.05) is 41.1 Å². The van der Waals surface area contributed by atoms with E-state index in [0.717, 1.165) is 16.7 Å². The number of ether oxygens (including phenoxy) is 2. The number of rotatable bonds is 6. The van der Waals surface area contributed by atoms with Crippen molar-refractivity contribution in [2.45, 2.75) is 18.3 Å². The van der Waals surface area contributed by atoms with Gasteiger partial charge in [-0.05, 0) is 12.1 Å². The first-order chi connectivity index (χ1) is 16.7. The number of oxime groups is 2. The molecular formula is C25H22N4O5. The molecule has 0 amide bonds. The zero-order valence-corrected chi connectivity index (χ0v) is 18.2. The second-order valence-electron chi connectivity index (χ2n) is 7.72. The first-order valence-electron chi connectivity index (χ1n) is 10.8. The smallest absolute Gasteiger partial charge is 0.378 e. The van der Waals surface area contributed by atoms with Gasteiger partial charge in [-0.2, -0.15) is 0 Å². The molecule has 0 aliphatic carbocycles. The summed E-state index contributed by atoms with van der Waals surface area (Å²) < 4.78 is 12.0. The number of aromatic nitrogens is 1. The maximum atomic E-state index is 12.4. The van der Waals surface area contributed by atoms with E-state index in [-0.39, 0.29) is 12.3 Å². The Morgan fingerprint density at radius 1 is 1.00 bits per heavy atom. The summed E-state index contributed by atoms with van der Waals surface area (Å²) in [5.41, 5.74) is 9.75. The van der Waals surface area contributed by atoms with E-state index >= 15 is 0 Å². The molecule has 34 heavy (non-hydrogen) atoms. The molecule has 9 heteroatoms. The van der Waals surface area contributed by atoms with Gasteiger partial charge in [0.25, 0.3) is 0 Å². The van der Waals surface area contributed by atoms with Crippen LogP contribution in [0.5, 0.6) is 0 Å². The standard InChI is InChI=1S/C25H22N4O5/c26-23(29-34-24(30)22-15-21(28-33-22)18-5-4-12-27-16-18)17-8-10-20(11-9-17)25(31-13-14-32-25)19-6-2-1-3-7-19/h1-12,16,22H,13-15H2,(H2,26,29). The Morgan fingerprint density at radius 2 is 1.74 bits per heavy atom. The maximum absolute atomic E-state index is 12.4. The summed E-state index contributed by atoms with van der Waals surface area (Å²) in [7, 11) is 0. The Labute approximate surface area is 195 Å². The molecule has 1 aromatic heterocycles. The monoisotopic (exact) mass is 458 g/mol. The first-order valence-corrected chi connectivity index (χ1v) is 10.8. The number of nitrogens with two attached hydrogens (primary N) is 1. The van der Waals surface area contributed by atoms with Crippen molar-refractivity contribution in [1.82, 2.24) is 4.98 Å². The van der Waals surface area contributed by atoms with E-state index in [2.05, 4.69) is 15.3 Å². The fraction of sp³-hybridized carbons (Fsp3) is 0.200. The molecule has 2 aliphatic heterocycles. The Morgan fingerprint density at radius 3 is 2.44 bits per heavy atom. The van der Waals surface area contributed by atoms with Crippen LogP contribution in [0.15, 0.2) is 89.4 Å². The molecule has 1 saturated heterocycles. The molecule has 3 heterocycles. The van der Waals surface area contributed by atoms with E-state index in [1.54, 1.807) is 30.6 Å². The van der Waals surface area contributed by atoms with Crippen LogP contribution in [0.1, 0.15) is 28.7 Å². The Bertz CT molecular complexity index is 1210. The Balaban J connectivity index is 1.24. The zero-order chi connectivity index (χ0) is 23.4. The molecule has 0 spiro atoms. The fourth-order valence-corrected chi connectivity index (χ4v) is 3.84. The quantitative estimate of drug-likeness (QED) is 0.261. The highest BCUT2D eigenvalue weighted by Crippen LogP contribution is 2.38. The van der Waals surface area contributed by atoms with Crippen LogP contribution in [0, 0.1) is 0 Å². The zero-order valence-electron chi connectivity index (χ0n) is 18.2. The average molecular weight is 458 g/mol. The molecule has 172 valence electrons. The van der Waals surface area contributed by atoms with Crippen molar-refractivity contribution in [3.8, 4) is 0 Å². The van der Waals surface area contributed by atoms with E-state index in [1.807, 2.05) is 48.5 Å². The molecule has 1 fully saturated rings. The number of carbonyl (C=O) groups is 1. The van der Waals surface area contributed by atoms with Gasteiger partial charge >= 0.3 is 5.97 Å². The fourth-order valence-electron chi connectivity index (χ4n) is 3.84. The van der Waals surface area contributed by atoms with Crippen LogP contribution in [-0.4, -0.2) is 41.8 Å². The highest BCUT2D eigenvalue weighted by molar-refractivity contribution is 6.03.